The Bertz CT molecular complexity index is 724. The van der Waals surface area contributed by atoms with E-state index in [0.717, 1.165) is 6.20 Å². The van der Waals surface area contributed by atoms with Crippen LogP contribution >= 0.6 is 11.6 Å². The number of ether oxygens (including phenoxy) is 1. The molecule has 0 bridgehead atoms. The van der Waals surface area contributed by atoms with Gasteiger partial charge in [-0.25, -0.2) is 4.98 Å². The van der Waals surface area contributed by atoms with Crippen LogP contribution in [0.5, 0.6) is 11.6 Å². The standard InChI is InChI=1S/C15H13ClN4O2/c16-10-3-6-13(20-8-10)22-11-4-1-9(2-5-11)14(18)12(7-17)15(19)21/h1-8,18H,17H2,(H2,19,21)/b12-7-,18-14?. The topological polar surface area (TPSA) is 115 Å². The summed E-state index contributed by atoms with van der Waals surface area (Å²) < 4.78 is 5.53. The zero-order valence-corrected chi connectivity index (χ0v) is 12.2. The Morgan fingerprint density at radius 1 is 1.23 bits per heavy atom. The number of rotatable bonds is 5. The summed E-state index contributed by atoms with van der Waals surface area (Å²) in [7, 11) is 0. The lowest BCUT2D eigenvalue weighted by molar-refractivity contribution is -0.114. The van der Waals surface area contributed by atoms with E-state index >= 15 is 0 Å². The number of hydrogen-bond donors (Lipinski definition) is 3. The summed E-state index contributed by atoms with van der Waals surface area (Å²) in [5, 5.41) is 8.43. The van der Waals surface area contributed by atoms with Crippen molar-refractivity contribution in [1.29, 1.82) is 5.41 Å². The number of carbonyl (C=O) groups excluding carboxylic acids is 1. The Labute approximate surface area is 131 Å². The molecular formula is C15H13ClN4O2. The fourth-order valence-electron chi connectivity index (χ4n) is 1.68. The third-order valence-corrected chi connectivity index (χ3v) is 2.99. The summed E-state index contributed by atoms with van der Waals surface area (Å²) in [5.74, 6) is 0.175. The van der Waals surface area contributed by atoms with Gasteiger partial charge in [-0.15, -0.1) is 0 Å². The van der Waals surface area contributed by atoms with Gasteiger partial charge in [-0.1, -0.05) is 11.6 Å². The van der Waals surface area contributed by atoms with E-state index in [4.69, 9.17) is 33.2 Å². The van der Waals surface area contributed by atoms with Gasteiger partial charge in [0.1, 0.15) is 5.75 Å². The highest BCUT2D eigenvalue weighted by Crippen LogP contribution is 2.21. The molecule has 0 saturated heterocycles. The Morgan fingerprint density at radius 3 is 2.41 bits per heavy atom. The third kappa shape index (κ3) is 3.62. The highest BCUT2D eigenvalue weighted by molar-refractivity contribution is 6.30. The van der Waals surface area contributed by atoms with E-state index < -0.39 is 5.91 Å². The number of amides is 1. The van der Waals surface area contributed by atoms with Gasteiger partial charge in [0.05, 0.1) is 16.3 Å². The van der Waals surface area contributed by atoms with Crippen molar-refractivity contribution in [2.75, 3.05) is 0 Å². The van der Waals surface area contributed by atoms with Gasteiger partial charge in [-0.2, -0.15) is 0 Å². The van der Waals surface area contributed by atoms with Gasteiger partial charge in [0.15, 0.2) is 0 Å². The molecule has 0 atom stereocenters. The maximum absolute atomic E-state index is 11.2. The fourth-order valence-corrected chi connectivity index (χ4v) is 1.79. The second kappa shape index (κ2) is 6.73. The van der Waals surface area contributed by atoms with Gasteiger partial charge in [-0.3, -0.25) is 10.2 Å². The molecule has 22 heavy (non-hydrogen) atoms. The lowest BCUT2D eigenvalue weighted by atomic mass is 10.0. The van der Waals surface area contributed by atoms with Gasteiger partial charge < -0.3 is 16.2 Å². The number of primary amides is 1. The predicted octanol–water partition coefficient (Wildman–Crippen LogP) is 2.22. The average molecular weight is 317 g/mol. The number of nitrogens with zero attached hydrogens (tertiary/aromatic N) is 1. The first-order valence-electron chi connectivity index (χ1n) is 6.21. The molecule has 0 aliphatic heterocycles. The van der Waals surface area contributed by atoms with Gasteiger partial charge >= 0.3 is 0 Å². The fraction of sp³-hybridized carbons (Fsp3) is 0. The third-order valence-electron chi connectivity index (χ3n) is 2.77. The van der Waals surface area contributed by atoms with Crippen molar-refractivity contribution in [3.63, 3.8) is 0 Å². The summed E-state index contributed by atoms with van der Waals surface area (Å²) in [4.78, 5) is 15.2. The number of halogens is 1. The number of pyridine rings is 1. The zero-order chi connectivity index (χ0) is 16.1. The number of carbonyl (C=O) groups is 1. The molecule has 1 aromatic heterocycles. The van der Waals surface area contributed by atoms with Crippen LogP contribution in [0.25, 0.3) is 0 Å². The first-order chi connectivity index (χ1) is 10.5. The number of hydrogen-bond acceptors (Lipinski definition) is 5. The van der Waals surface area contributed by atoms with Gasteiger partial charge in [0.25, 0.3) is 5.91 Å². The lowest BCUT2D eigenvalue weighted by Crippen LogP contribution is -2.22. The van der Waals surface area contributed by atoms with E-state index in [-0.39, 0.29) is 11.3 Å². The number of benzene rings is 1. The summed E-state index contributed by atoms with van der Waals surface area (Å²) >= 11 is 5.74. The molecule has 0 fully saturated rings. The maximum atomic E-state index is 11.2. The van der Waals surface area contributed by atoms with Crippen LogP contribution in [0.15, 0.2) is 54.4 Å². The van der Waals surface area contributed by atoms with Crippen LogP contribution in [0.3, 0.4) is 0 Å². The molecule has 2 aromatic rings. The Kier molecular flexibility index (Phi) is 4.75. The van der Waals surface area contributed by atoms with Crippen molar-refractivity contribution in [1.82, 2.24) is 4.98 Å². The molecule has 6 nitrogen and oxygen atoms in total. The van der Waals surface area contributed by atoms with E-state index in [2.05, 4.69) is 4.98 Å². The summed E-state index contributed by atoms with van der Waals surface area (Å²) in [5.41, 5.74) is 10.9. The molecular weight excluding hydrogens is 304 g/mol. The second-order valence-electron chi connectivity index (χ2n) is 4.26. The molecule has 0 aliphatic rings. The van der Waals surface area contributed by atoms with Crippen LogP contribution in [-0.4, -0.2) is 16.6 Å². The largest absolute Gasteiger partial charge is 0.439 e. The van der Waals surface area contributed by atoms with Crippen molar-refractivity contribution in [2.45, 2.75) is 0 Å². The predicted molar refractivity (Wildman–Crippen MR) is 84.1 cm³/mol. The highest BCUT2D eigenvalue weighted by atomic mass is 35.5. The van der Waals surface area contributed by atoms with Gasteiger partial charge in [-0.05, 0) is 30.3 Å². The Hall–Kier alpha value is -2.86. The van der Waals surface area contributed by atoms with E-state index in [0.29, 0.717) is 22.2 Å². The molecule has 0 spiro atoms. The van der Waals surface area contributed by atoms with Crippen molar-refractivity contribution >= 4 is 23.2 Å². The van der Waals surface area contributed by atoms with Crippen LogP contribution in [0.4, 0.5) is 0 Å². The Morgan fingerprint density at radius 2 is 1.91 bits per heavy atom. The van der Waals surface area contributed by atoms with E-state index in [1.54, 1.807) is 36.4 Å². The molecule has 0 unspecified atom stereocenters. The smallest absolute Gasteiger partial charge is 0.252 e. The quantitative estimate of drug-likeness (QED) is 0.579. The van der Waals surface area contributed by atoms with E-state index in [1.807, 2.05) is 0 Å². The molecule has 1 heterocycles. The average Bonchev–Trinajstić information content (AvgIpc) is 2.50. The number of nitrogens with two attached hydrogens (primary N) is 2. The van der Waals surface area contributed by atoms with Crippen molar-refractivity contribution < 1.29 is 9.53 Å². The monoisotopic (exact) mass is 316 g/mol. The first kappa shape index (κ1) is 15.5. The molecule has 0 radical (unpaired) electrons. The van der Waals surface area contributed by atoms with Crippen LogP contribution in [0.1, 0.15) is 5.56 Å². The summed E-state index contributed by atoms with van der Waals surface area (Å²) in [6, 6.07) is 9.85. The van der Waals surface area contributed by atoms with Crippen LogP contribution in [0, 0.1) is 5.41 Å². The van der Waals surface area contributed by atoms with Crippen molar-refractivity contribution in [3.8, 4) is 11.6 Å². The van der Waals surface area contributed by atoms with Crippen LogP contribution < -0.4 is 16.2 Å². The number of aromatic nitrogens is 1. The number of nitrogens with one attached hydrogen (secondary N) is 1. The molecule has 112 valence electrons. The molecule has 5 N–H and O–H groups in total. The molecule has 0 aliphatic carbocycles. The minimum absolute atomic E-state index is 0.0481. The van der Waals surface area contributed by atoms with E-state index in [1.165, 1.54) is 6.20 Å². The molecule has 1 aromatic carbocycles. The van der Waals surface area contributed by atoms with Crippen molar-refractivity contribution in [3.05, 3.63) is 65.0 Å². The molecule has 7 heteroatoms. The lowest BCUT2D eigenvalue weighted by Gasteiger charge is -2.08. The van der Waals surface area contributed by atoms with Gasteiger partial charge in [0, 0.05) is 24.0 Å². The summed E-state index contributed by atoms with van der Waals surface area (Å²) in [6.07, 6.45) is 2.50. The molecule has 2 rings (SSSR count). The van der Waals surface area contributed by atoms with Crippen LogP contribution in [0.2, 0.25) is 5.02 Å². The molecule has 1 amide bonds. The zero-order valence-electron chi connectivity index (χ0n) is 11.4. The summed E-state index contributed by atoms with van der Waals surface area (Å²) in [6.45, 7) is 0. The molecule has 0 saturated carbocycles. The maximum Gasteiger partial charge on any atom is 0.252 e. The minimum atomic E-state index is -0.752. The normalized spacial score (nSPS) is 11.0. The van der Waals surface area contributed by atoms with Crippen LogP contribution in [-0.2, 0) is 4.79 Å². The van der Waals surface area contributed by atoms with E-state index in [9.17, 15) is 4.79 Å². The SMILES string of the molecule is N=C(/C(=C/N)C(N)=O)c1ccc(Oc2ccc(Cl)cn2)cc1. The van der Waals surface area contributed by atoms with Gasteiger partial charge in [0.2, 0.25) is 5.88 Å². The Balaban J connectivity index is 2.15. The van der Waals surface area contributed by atoms with Crippen molar-refractivity contribution in [2.24, 2.45) is 11.5 Å². The first-order valence-corrected chi connectivity index (χ1v) is 6.59. The minimum Gasteiger partial charge on any atom is -0.439 e. The second-order valence-corrected chi connectivity index (χ2v) is 4.70. The highest BCUT2D eigenvalue weighted by Gasteiger charge is 2.13.